The Labute approximate surface area is 89.2 Å². The fraction of sp³-hybridized carbons (Fsp3) is 0.846. The zero-order chi connectivity index (χ0) is 10.6. The molecule has 0 aromatic rings. The van der Waals surface area contributed by atoms with E-state index < -0.39 is 0 Å². The Morgan fingerprint density at radius 3 is 2.00 bits per heavy atom. The molecule has 0 saturated heterocycles. The van der Waals surface area contributed by atoms with Crippen LogP contribution in [0, 0.1) is 0 Å². The normalized spacial score (nSPS) is 12.7. The molecule has 1 unspecified atom stereocenters. The third-order valence-corrected chi connectivity index (χ3v) is 2.53. The van der Waals surface area contributed by atoms with Crippen LogP contribution in [0.5, 0.6) is 0 Å². The molecule has 0 heterocycles. The van der Waals surface area contributed by atoms with E-state index in [0.717, 1.165) is 6.42 Å². The lowest BCUT2D eigenvalue weighted by molar-refractivity contribution is 0.180. The number of aliphatic hydroxyl groups is 1. The minimum absolute atomic E-state index is 0.109. The van der Waals surface area contributed by atoms with E-state index in [-0.39, 0.29) is 6.10 Å². The van der Waals surface area contributed by atoms with Gasteiger partial charge in [-0.1, -0.05) is 44.6 Å². The fourth-order valence-corrected chi connectivity index (χ4v) is 1.61. The number of unbranched alkanes of at least 4 members (excludes halogenated alkanes) is 7. The highest BCUT2D eigenvalue weighted by Crippen LogP contribution is 2.10. The standard InChI is InChI=1S/C13H26O/c1-3-4-5-6-7-8-9-10-11-12-13(2)14/h3,13-14H,1,4-12H2,2H3. The average molecular weight is 198 g/mol. The van der Waals surface area contributed by atoms with Crippen LogP contribution in [-0.4, -0.2) is 11.2 Å². The molecule has 1 heteroatoms. The quantitative estimate of drug-likeness (QED) is 0.414. The zero-order valence-electron chi connectivity index (χ0n) is 9.67. The zero-order valence-corrected chi connectivity index (χ0v) is 9.67. The first-order valence-electron chi connectivity index (χ1n) is 6.06. The Hall–Kier alpha value is -0.300. The highest BCUT2D eigenvalue weighted by atomic mass is 16.3. The van der Waals surface area contributed by atoms with Crippen molar-refractivity contribution >= 4 is 0 Å². The first-order chi connectivity index (χ1) is 6.77. The Kier molecular flexibility index (Phi) is 10.5. The number of rotatable bonds is 10. The molecule has 14 heavy (non-hydrogen) atoms. The third-order valence-electron chi connectivity index (χ3n) is 2.53. The van der Waals surface area contributed by atoms with Gasteiger partial charge < -0.3 is 5.11 Å². The highest BCUT2D eigenvalue weighted by molar-refractivity contribution is 4.65. The predicted molar refractivity (Wildman–Crippen MR) is 63.4 cm³/mol. The molecule has 0 rings (SSSR count). The third kappa shape index (κ3) is 11.7. The monoisotopic (exact) mass is 198 g/mol. The van der Waals surface area contributed by atoms with Crippen molar-refractivity contribution in [3.05, 3.63) is 12.7 Å². The van der Waals surface area contributed by atoms with Crippen molar-refractivity contribution in [3.63, 3.8) is 0 Å². The minimum atomic E-state index is -0.109. The second-order valence-corrected chi connectivity index (χ2v) is 4.19. The Bertz CT molecular complexity index is 118. The maximum Gasteiger partial charge on any atom is 0.0512 e. The lowest BCUT2D eigenvalue weighted by Crippen LogP contribution is -1.98. The van der Waals surface area contributed by atoms with E-state index >= 15 is 0 Å². The van der Waals surface area contributed by atoms with Crippen LogP contribution < -0.4 is 0 Å². The van der Waals surface area contributed by atoms with Crippen molar-refractivity contribution in [3.8, 4) is 0 Å². The summed E-state index contributed by atoms with van der Waals surface area (Å²) in [6.45, 7) is 5.58. The fourth-order valence-electron chi connectivity index (χ4n) is 1.61. The van der Waals surface area contributed by atoms with Gasteiger partial charge in [0.05, 0.1) is 6.10 Å². The number of hydrogen-bond acceptors (Lipinski definition) is 1. The molecule has 0 aliphatic rings. The topological polar surface area (TPSA) is 20.2 Å². The van der Waals surface area contributed by atoms with Gasteiger partial charge in [-0.05, 0) is 26.2 Å². The number of hydrogen-bond donors (Lipinski definition) is 1. The van der Waals surface area contributed by atoms with Crippen LogP contribution in [0.25, 0.3) is 0 Å². The number of allylic oxidation sites excluding steroid dienone is 1. The summed E-state index contributed by atoms with van der Waals surface area (Å²) in [5.74, 6) is 0. The molecule has 0 amide bonds. The van der Waals surface area contributed by atoms with Crippen LogP contribution in [0.2, 0.25) is 0 Å². The molecule has 0 bridgehead atoms. The van der Waals surface area contributed by atoms with Gasteiger partial charge in [0.2, 0.25) is 0 Å². The Morgan fingerprint density at radius 2 is 1.50 bits per heavy atom. The van der Waals surface area contributed by atoms with Gasteiger partial charge in [-0.25, -0.2) is 0 Å². The van der Waals surface area contributed by atoms with E-state index in [2.05, 4.69) is 6.58 Å². The van der Waals surface area contributed by atoms with Gasteiger partial charge in [-0.3, -0.25) is 0 Å². The lowest BCUT2D eigenvalue weighted by atomic mass is 10.1. The maximum absolute atomic E-state index is 9.04. The number of aliphatic hydroxyl groups excluding tert-OH is 1. The first kappa shape index (κ1) is 13.7. The summed E-state index contributed by atoms with van der Waals surface area (Å²) in [7, 11) is 0. The minimum Gasteiger partial charge on any atom is -0.393 e. The molecule has 0 aromatic heterocycles. The van der Waals surface area contributed by atoms with Crippen molar-refractivity contribution in [1.82, 2.24) is 0 Å². The average Bonchev–Trinajstić information content (AvgIpc) is 2.15. The van der Waals surface area contributed by atoms with E-state index in [1.54, 1.807) is 0 Å². The van der Waals surface area contributed by atoms with Gasteiger partial charge in [0, 0.05) is 0 Å². The molecular weight excluding hydrogens is 172 g/mol. The van der Waals surface area contributed by atoms with Gasteiger partial charge >= 0.3 is 0 Å². The molecule has 0 spiro atoms. The van der Waals surface area contributed by atoms with Gasteiger partial charge in [-0.2, -0.15) is 0 Å². The second kappa shape index (κ2) is 10.8. The molecule has 1 nitrogen and oxygen atoms in total. The van der Waals surface area contributed by atoms with Gasteiger partial charge in [0.15, 0.2) is 0 Å². The summed E-state index contributed by atoms with van der Waals surface area (Å²) < 4.78 is 0. The van der Waals surface area contributed by atoms with Crippen LogP contribution in [-0.2, 0) is 0 Å². The highest BCUT2D eigenvalue weighted by Gasteiger charge is 1.95. The van der Waals surface area contributed by atoms with Crippen LogP contribution in [0.15, 0.2) is 12.7 Å². The van der Waals surface area contributed by atoms with E-state index in [1.807, 2.05) is 13.0 Å². The molecular formula is C13H26O. The van der Waals surface area contributed by atoms with Crippen LogP contribution in [0.4, 0.5) is 0 Å². The van der Waals surface area contributed by atoms with Crippen molar-refractivity contribution < 1.29 is 5.11 Å². The van der Waals surface area contributed by atoms with Crippen molar-refractivity contribution in [2.45, 2.75) is 70.8 Å². The summed E-state index contributed by atoms with van der Waals surface area (Å²) in [4.78, 5) is 0. The van der Waals surface area contributed by atoms with Crippen molar-refractivity contribution in [2.75, 3.05) is 0 Å². The van der Waals surface area contributed by atoms with Crippen LogP contribution >= 0.6 is 0 Å². The van der Waals surface area contributed by atoms with Crippen LogP contribution in [0.1, 0.15) is 64.7 Å². The smallest absolute Gasteiger partial charge is 0.0512 e. The molecule has 0 aliphatic heterocycles. The molecule has 0 radical (unpaired) electrons. The molecule has 1 atom stereocenters. The molecule has 0 aromatic carbocycles. The summed E-state index contributed by atoms with van der Waals surface area (Å²) in [6.07, 6.45) is 13.2. The van der Waals surface area contributed by atoms with E-state index in [0.29, 0.717) is 0 Å². The molecule has 84 valence electrons. The molecule has 0 saturated carbocycles. The van der Waals surface area contributed by atoms with E-state index in [1.165, 1.54) is 51.4 Å². The Morgan fingerprint density at radius 1 is 1.00 bits per heavy atom. The molecule has 0 aliphatic carbocycles. The summed E-state index contributed by atoms with van der Waals surface area (Å²) in [6, 6.07) is 0. The first-order valence-corrected chi connectivity index (χ1v) is 6.06. The molecule has 0 fully saturated rings. The van der Waals surface area contributed by atoms with Crippen molar-refractivity contribution in [1.29, 1.82) is 0 Å². The van der Waals surface area contributed by atoms with Gasteiger partial charge in [0.25, 0.3) is 0 Å². The SMILES string of the molecule is C=CCCCCCCCCCC(C)O. The van der Waals surface area contributed by atoms with Crippen molar-refractivity contribution in [2.24, 2.45) is 0 Å². The predicted octanol–water partition coefficient (Wildman–Crippen LogP) is 4.06. The largest absolute Gasteiger partial charge is 0.393 e. The summed E-state index contributed by atoms with van der Waals surface area (Å²) in [5.41, 5.74) is 0. The van der Waals surface area contributed by atoms with Gasteiger partial charge in [-0.15, -0.1) is 6.58 Å². The summed E-state index contributed by atoms with van der Waals surface area (Å²) in [5, 5.41) is 9.04. The van der Waals surface area contributed by atoms with Gasteiger partial charge in [0.1, 0.15) is 0 Å². The van der Waals surface area contributed by atoms with E-state index in [9.17, 15) is 0 Å². The Balaban J connectivity index is 2.88. The summed E-state index contributed by atoms with van der Waals surface area (Å²) >= 11 is 0. The second-order valence-electron chi connectivity index (χ2n) is 4.19. The van der Waals surface area contributed by atoms with E-state index in [4.69, 9.17) is 5.11 Å². The maximum atomic E-state index is 9.04. The molecule has 1 N–H and O–H groups in total. The lowest BCUT2D eigenvalue weighted by Gasteiger charge is -2.03. The van der Waals surface area contributed by atoms with Crippen LogP contribution in [0.3, 0.4) is 0 Å².